The average Bonchev–Trinajstić information content (AvgIpc) is 2.97. The van der Waals surface area contributed by atoms with E-state index in [4.69, 9.17) is 4.74 Å². The molecule has 0 radical (unpaired) electrons. The van der Waals surface area contributed by atoms with Gasteiger partial charge in [-0.3, -0.25) is 0 Å². The Morgan fingerprint density at radius 1 is 1.29 bits per heavy atom. The second-order valence-corrected chi connectivity index (χ2v) is 9.51. The highest BCUT2D eigenvalue weighted by molar-refractivity contribution is 8.00. The van der Waals surface area contributed by atoms with Crippen molar-refractivity contribution in [2.45, 2.75) is 68.3 Å². The van der Waals surface area contributed by atoms with Crippen LogP contribution in [0.3, 0.4) is 0 Å². The zero-order valence-corrected chi connectivity index (χ0v) is 15.1. The summed E-state index contributed by atoms with van der Waals surface area (Å²) in [6.45, 7) is 0.984. The summed E-state index contributed by atoms with van der Waals surface area (Å²) in [5, 5.41) is 4.57. The number of hydrogen-bond donors (Lipinski definition) is 1. The first kappa shape index (κ1) is 16.5. The molecule has 3 aliphatic rings. The van der Waals surface area contributed by atoms with Crippen molar-refractivity contribution >= 4 is 23.5 Å². The van der Waals surface area contributed by atoms with Gasteiger partial charge in [0, 0.05) is 29.4 Å². The second-order valence-electron chi connectivity index (χ2n) is 7.08. The van der Waals surface area contributed by atoms with Crippen LogP contribution in [-0.2, 0) is 4.74 Å². The van der Waals surface area contributed by atoms with Crippen LogP contribution >= 0.6 is 23.5 Å². The van der Waals surface area contributed by atoms with E-state index in [0.717, 1.165) is 17.8 Å². The van der Waals surface area contributed by atoms with Crippen LogP contribution in [0.4, 0.5) is 0 Å². The van der Waals surface area contributed by atoms with Gasteiger partial charge in [-0.2, -0.15) is 23.5 Å². The third-order valence-corrected chi connectivity index (χ3v) is 8.32. The molecule has 2 heterocycles. The van der Waals surface area contributed by atoms with Crippen LogP contribution < -0.4 is 5.32 Å². The van der Waals surface area contributed by atoms with Gasteiger partial charge in [-0.05, 0) is 50.8 Å². The van der Waals surface area contributed by atoms with E-state index in [9.17, 15) is 0 Å². The minimum atomic E-state index is 0.234. The average molecular weight is 330 g/mol. The quantitative estimate of drug-likeness (QED) is 0.824. The molecule has 1 saturated carbocycles. The maximum Gasteiger partial charge on any atom is 0.0783 e. The van der Waals surface area contributed by atoms with Crippen molar-refractivity contribution in [1.82, 2.24) is 5.32 Å². The first-order valence-corrected chi connectivity index (χ1v) is 11.0. The summed E-state index contributed by atoms with van der Waals surface area (Å²) in [5.74, 6) is 4.65. The molecule has 122 valence electrons. The fraction of sp³-hybridized carbons (Fsp3) is 1.00. The zero-order valence-electron chi connectivity index (χ0n) is 13.4. The maximum atomic E-state index is 6.19. The van der Waals surface area contributed by atoms with Crippen molar-refractivity contribution in [2.24, 2.45) is 5.92 Å². The molecule has 21 heavy (non-hydrogen) atoms. The summed E-state index contributed by atoms with van der Waals surface area (Å²) < 4.78 is 6.19. The number of hydrogen-bond acceptors (Lipinski definition) is 4. The van der Waals surface area contributed by atoms with Crippen LogP contribution in [0, 0.1) is 5.92 Å². The van der Waals surface area contributed by atoms with Gasteiger partial charge >= 0.3 is 0 Å². The van der Waals surface area contributed by atoms with Crippen molar-refractivity contribution in [3.05, 3.63) is 0 Å². The number of nitrogens with one attached hydrogen (secondary N) is 1. The molecule has 3 atom stereocenters. The topological polar surface area (TPSA) is 21.3 Å². The molecule has 0 bridgehead atoms. The van der Waals surface area contributed by atoms with Crippen LogP contribution in [0.25, 0.3) is 0 Å². The molecule has 1 aliphatic carbocycles. The Morgan fingerprint density at radius 3 is 2.86 bits per heavy atom. The van der Waals surface area contributed by atoms with E-state index >= 15 is 0 Å². The van der Waals surface area contributed by atoms with Gasteiger partial charge < -0.3 is 10.1 Å². The Morgan fingerprint density at radius 2 is 2.14 bits per heavy atom. The molecule has 3 rings (SSSR count). The summed E-state index contributed by atoms with van der Waals surface area (Å²) in [6, 6.07) is 0.684. The Bertz CT molecular complexity index is 314. The van der Waals surface area contributed by atoms with Crippen molar-refractivity contribution in [1.29, 1.82) is 0 Å². The Kier molecular flexibility index (Phi) is 6.23. The van der Waals surface area contributed by atoms with Crippen molar-refractivity contribution in [2.75, 3.05) is 30.9 Å². The third kappa shape index (κ3) is 4.33. The first-order valence-electron chi connectivity index (χ1n) is 8.82. The molecule has 2 saturated heterocycles. The molecular formula is C17H31NOS2. The van der Waals surface area contributed by atoms with E-state index in [1.165, 1.54) is 68.6 Å². The van der Waals surface area contributed by atoms with E-state index < -0.39 is 0 Å². The van der Waals surface area contributed by atoms with E-state index in [1.54, 1.807) is 0 Å². The lowest BCUT2D eigenvalue weighted by atomic mass is 9.82. The smallest absolute Gasteiger partial charge is 0.0783 e. The van der Waals surface area contributed by atoms with Crippen molar-refractivity contribution < 1.29 is 4.74 Å². The van der Waals surface area contributed by atoms with Crippen LogP contribution in [0.1, 0.15) is 51.4 Å². The summed E-state index contributed by atoms with van der Waals surface area (Å²) in [7, 11) is 2.16. The minimum absolute atomic E-state index is 0.234. The highest BCUT2D eigenvalue weighted by atomic mass is 32.2. The van der Waals surface area contributed by atoms with Crippen molar-refractivity contribution in [3.63, 3.8) is 0 Å². The molecule has 0 amide bonds. The monoisotopic (exact) mass is 329 g/mol. The lowest BCUT2D eigenvalue weighted by Gasteiger charge is -2.41. The highest BCUT2D eigenvalue weighted by Gasteiger charge is 2.42. The van der Waals surface area contributed by atoms with Crippen molar-refractivity contribution in [3.8, 4) is 0 Å². The van der Waals surface area contributed by atoms with Gasteiger partial charge in [0.2, 0.25) is 0 Å². The van der Waals surface area contributed by atoms with Gasteiger partial charge in [0.1, 0.15) is 0 Å². The molecule has 3 fully saturated rings. The molecule has 3 unspecified atom stereocenters. The normalized spacial score (nSPS) is 36.1. The Balaban J connectivity index is 1.50. The fourth-order valence-corrected chi connectivity index (χ4v) is 7.16. The molecule has 0 aromatic carbocycles. The van der Waals surface area contributed by atoms with Gasteiger partial charge in [0.15, 0.2) is 0 Å². The molecule has 1 spiro atoms. The third-order valence-electron chi connectivity index (χ3n) is 5.60. The predicted molar refractivity (Wildman–Crippen MR) is 95.5 cm³/mol. The SMILES string of the molecule is CNC(CSC1CCCCC1)C1CCOC2(CCSC2)C1. The molecule has 0 aromatic rings. The molecule has 2 aliphatic heterocycles. The van der Waals surface area contributed by atoms with Crippen LogP contribution in [-0.4, -0.2) is 47.8 Å². The summed E-state index contributed by atoms with van der Waals surface area (Å²) in [6.07, 6.45) is 11.1. The standard InChI is InChI=1S/C17H31NOS2/c1-18-16(12-21-15-5-3-2-4-6-15)14-7-9-19-17(11-14)8-10-20-13-17/h14-16,18H,2-13H2,1H3. The van der Waals surface area contributed by atoms with Crippen LogP contribution in [0.2, 0.25) is 0 Å². The van der Waals surface area contributed by atoms with E-state index in [2.05, 4.69) is 35.9 Å². The zero-order chi connectivity index (χ0) is 14.5. The molecule has 2 nitrogen and oxygen atoms in total. The lowest BCUT2D eigenvalue weighted by molar-refractivity contribution is -0.0835. The van der Waals surface area contributed by atoms with Crippen LogP contribution in [0.15, 0.2) is 0 Å². The van der Waals surface area contributed by atoms with E-state index in [-0.39, 0.29) is 5.60 Å². The van der Waals surface area contributed by atoms with Gasteiger partial charge in [-0.25, -0.2) is 0 Å². The van der Waals surface area contributed by atoms with Gasteiger partial charge in [0.05, 0.1) is 5.60 Å². The maximum absolute atomic E-state index is 6.19. The Hall–Kier alpha value is 0.620. The number of ether oxygens (including phenoxy) is 1. The van der Waals surface area contributed by atoms with Crippen LogP contribution in [0.5, 0.6) is 0 Å². The van der Waals surface area contributed by atoms with Gasteiger partial charge in [-0.1, -0.05) is 19.3 Å². The fourth-order valence-electron chi connectivity index (χ4n) is 4.20. The number of thioether (sulfide) groups is 2. The summed E-state index contributed by atoms with van der Waals surface area (Å²) in [4.78, 5) is 0. The van der Waals surface area contributed by atoms with Gasteiger partial charge in [-0.15, -0.1) is 0 Å². The molecule has 4 heteroatoms. The first-order chi connectivity index (χ1) is 10.3. The number of rotatable bonds is 5. The molecule has 1 N–H and O–H groups in total. The molecular weight excluding hydrogens is 298 g/mol. The predicted octanol–water partition coefficient (Wildman–Crippen LogP) is 3.94. The minimum Gasteiger partial charge on any atom is -0.374 e. The summed E-state index contributed by atoms with van der Waals surface area (Å²) in [5.41, 5.74) is 0.234. The van der Waals surface area contributed by atoms with Gasteiger partial charge in [0.25, 0.3) is 0 Å². The Labute approximate surface area is 138 Å². The van der Waals surface area contributed by atoms with E-state index in [0.29, 0.717) is 6.04 Å². The highest BCUT2D eigenvalue weighted by Crippen LogP contribution is 2.42. The second kappa shape index (κ2) is 7.94. The summed E-state index contributed by atoms with van der Waals surface area (Å²) >= 11 is 4.33. The lowest BCUT2D eigenvalue weighted by Crippen LogP contribution is -2.47. The molecule has 0 aromatic heterocycles. The van der Waals surface area contributed by atoms with E-state index in [1.807, 2.05) is 0 Å². The largest absolute Gasteiger partial charge is 0.374 e.